The number of ether oxygens (including phenoxy) is 2. The molecule has 2 rings (SSSR count). The van der Waals surface area contributed by atoms with Crippen molar-refractivity contribution in [3.8, 4) is 11.5 Å². The Balaban J connectivity index is 2.04. The number of benzene rings is 2. The summed E-state index contributed by atoms with van der Waals surface area (Å²) in [6.45, 7) is 0.344. The van der Waals surface area contributed by atoms with Gasteiger partial charge in [-0.2, -0.15) is 11.8 Å². The lowest BCUT2D eigenvalue weighted by Gasteiger charge is -2.16. The fourth-order valence-electron chi connectivity index (χ4n) is 2.55. The first kappa shape index (κ1) is 22.3. The second-order valence-electron chi connectivity index (χ2n) is 6.03. The van der Waals surface area contributed by atoms with Crippen molar-refractivity contribution in [1.82, 2.24) is 5.32 Å². The number of hydrogen-bond acceptors (Lipinski definition) is 5. The molecular weight excluding hydrogens is 405 g/mol. The van der Waals surface area contributed by atoms with Gasteiger partial charge in [-0.25, -0.2) is 4.39 Å². The summed E-state index contributed by atoms with van der Waals surface area (Å²) in [7, 11) is 1.51. The summed E-state index contributed by atoms with van der Waals surface area (Å²) in [6.07, 6.45) is 2.48. The van der Waals surface area contributed by atoms with Crippen molar-refractivity contribution in [3.05, 3.63) is 58.4 Å². The summed E-state index contributed by atoms with van der Waals surface area (Å²) < 4.78 is 24.9. The average Bonchev–Trinajstić information content (AvgIpc) is 2.67. The predicted molar refractivity (Wildman–Crippen MR) is 110 cm³/mol. The number of thioether (sulfide) groups is 1. The van der Waals surface area contributed by atoms with Crippen LogP contribution in [0, 0.1) is 5.82 Å². The molecule has 0 radical (unpaired) electrons. The summed E-state index contributed by atoms with van der Waals surface area (Å²) in [5.74, 6) is 0.379. The van der Waals surface area contributed by atoms with Crippen LogP contribution in [0.25, 0.3) is 0 Å². The Hall–Kier alpha value is -1.96. The van der Waals surface area contributed by atoms with E-state index in [-0.39, 0.29) is 12.2 Å². The van der Waals surface area contributed by atoms with Crippen LogP contribution in [0.1, 0.15) is 17.5 Å². The summed E-state index contributed by atoms with van der Waals surface area (Å²) in [5.41, 5.74) is 1.12. The minimum Gasteiger partial charge on any atom is -0.493 e. The Morgan fingerprint density at radius 3 is 2.75 bits per heavy atom. The second-order valence-corrected chi connectivity index (χ2v) is 7.42. The van der Waals surface area contributed by atoms with E-state index >= 15 is 0 Å². The maximum atomic E-state index is 13.9. The fraction of sp³-hybridized carbons (Fsp3) is 0.350. The van der Waals surface area contributed by atoms with E-state index in [1.807, 2.05) is 6.26 Å². The number of carboxylic acids is 1. The van der Waals surface area contributed by atoms with E-state index < -0.39 is 17.8 Å². The van der Waals surface area contributed by atoms with Crippen LogP contribution in [0.2, 0.25) is 5.02 Å². The Bertz CT molecular complexity index is 786. The number of rotatable bonds is 11. The molecule has 0 saturated heterocycles. The molecule has 2 aromatic carbocycles. The highest BCUT2D eigenvalue weighted by molar-refractivity contribution is 7.98. The molecule has 8 heteroatoms. The highest BCUT2D eigenvalue weighted by atomic mass is 35.5. The highest BCUT2D eigenvalue weighted by Gasteiger charge is 2.16. The highest BCUT2D eigenvalue weighted by Crippen LogP contribution is 2.30. The van der Waals surface area contributed by atoms with Gasteiger partial charge in [0.1, 0.15) is 18.5 Å². The van der Waals surface area contributed by atoms with Gasteiger partial charge in [0.15, 0.2) is 11.5 Å². The van der Waals surface area contributed by atoms with E-state index in [4.69, 9.17) is 21.1 Å². The van der Waals surface area contributed by atoms with Gasteiger partial charge >= 0.3 is 5.97 Å². The quantitative estimate of drug-likeness (QED) is 0.555. The number of halogens is 2. The summed E-state index contributed by atoms with van der Waals surface area (Å²) in [5, 5.41) is 12.6. The van der Waals surface area contributed by atoms with Crippen LogP contribution in [-0.4, -0.2) is 36.2 Å². The van der Waals surface area contributed by atoms with Gasteiger partial charge in [-0.3, -0.25) is 4.79 Å². The Morgan fingerprint density at radius 1 is 1.32 bits per heavy atom. The number of carboxylic acid groups (broad SMARTS) is 1. The lowest BCUT2D eigenvalue weighted by molar-refractivity contribution is -0.139. The molecule has 0 heterocycles. The third-order valence-electron chi connectivity index (χ3n) is 4.12. The molecule has 0 fully saturated rings. The minimum atomic E-state index is -0.872. The maximum absolute atomic E-state index is 13.9. The molecule has 0 spiro atoms. The Labute approximate surface area is 173 Å². The monoisotopic (exact) mass is 427 g/mol. The lowest BCUT2D eigenvalue weighted by atomic mass is 10.1. The smallest absolute Gasteiger partial charge is 0.320 e. The van der Waals surface area contributed by atoms with Gasteiger partial charge < -0.3 is 19.9 Å². The molecule has 0 amide bonds. The van der Waals surface area contributed by atoms with Crippen molar-refractivity contribution >= 4 is 29.3 Å². The first-order valence-corrected chi connectivity index (χ1v) is 10.4. The first-order chi connectivity index (χ1) is 13.5. The standard InChI is InChI=1S/C20H23ClFNO4S/c1-26-19-10-13(11-23-17(20(24)25)8-9-28-2)6-7-18(19)27-12-14-15(21)4-3-5-16(14)22/h3-7,10,17,23H,8-9,11-12H2,1-2H3,(H,24,25). The molecule has 0 saturated carbocycles. The van der Waals surface area contributed by atoms with E-state index in [1.165, 1.54) is 19.2 Å². The van der Waals surface area contributed by atoms with Crippen molar-refractivity contribution in [3.63, 3.8) is 0 Å². The zero-order chi connectivity index (χ0) is 20.5. The Morgan fingerprint density at radius 2 is 2.11 bits per heavy atom. The van der Waals surface area contributed by atoms with Gasteiger partial charge in [0, 0.05) is 12.1 Å². The van der Waals surface area contributed by atoms with E-state index in [0.717, 1.165) is 11.3 Å². The largest absolute Gasteiger partial charge is 0.493 e. The molecule has 0 bridgehead atoms. The SMILES string of the molecule is COc1cc(CNC(CCSC)C(=O)O)ccc1OCc1c(F)cccc1Cl. The predicted octanol–water partition coefficient (Wildman–Crippen LogP) is 4.36. The number of methoxy groups -OCH3 is 1. The lowest BCUT2D eigenvalue weighted by Crippen LogP contribution is -2.36. The van der Waals surface area contributed by atoms with Crippen LogP contribution < -0.4 is 14.8 Å². The molecule has 0 aromatic heterocycles. The minimum absolute atomic E-state index is 0.0325. The number of nitrogens with one attached hydrogen (secondary N) is 1. The second kappa shape index (κ2) is 11.1. The molecule has 28 heavy (non-hydrogen) atoms. The molecule has 1 unspecified atom stereocenters. The summed E-state index contributed by atoms with van der Waals surface area (Å²) >= 11 is 7.62. The molecule has 0 aliphatic heterocycles. The molecule has 0 aliphatic carbocycles. The number of carbonyl (C=O) groups is 1. The number of aliphatic carboxylic acids is 1. The van der Waals surface area contributed by atoms with Crippen LogP contribution in [0.15, 0.2) is 36.4 Å². The average molecular weight is 428 g/mol. The van der Waals surface area contributed by atoms with Gasteiger partial charge in [0.05, 0.1) is 12.1 Å². The van der Waals surface area contributed by atoms with Gasteiger partial charge in [0.25, 0.3) is 0 Å². The van der Waals surface area contributed by atoms with Crippen LogP contribution in [0.3, 0.4) is 0 Å². The molecule has 2 aromatic rings. The molecular formula is C20H23ClFNO4S. The molecule has 0 aliphatic rings. The van der Waals surface area contributed by atoms with Gasteiger partial charge in [-0.1, -0.05) is 23.7 Å². The van der Waals surface area contributed by atoms with Gasteiger partial charge in [-0.15, -0.1) is 0 Å². The van der Waals surface area contributed by atoms with Crippen molar-refractivity contribution in [2.75, 3.05) is 19.1 Å². The third-order valence-corrected chi connectivity index (χ3v) is 5.12. The third kappa shape index (κ3) is 6.29. The van der Waals surface area contributed by atoms with E-state index in [1.54, 1.807) is 36.0 Å². The van der Waals surface area contributed by atoms with Crippen molar-refractivity contribution in [2.45, 2.75) is 25.6 Å². The number of hydrogen-bond donors (Lipinski definition) is 2. The normalized spacial score (nSPS) is 11.9. The van der Waals surface area contributed by atoms with E-state index in [2.05, 4.69) is 5.32 Å². The van der Waals surface area contributed by atoms with Gasteiger partial charge in [-0.05, 0) is 48.3 Å². The van der Waals surface area contributed by atoms with Crippen molar-refractivity contribution in [1.29, 1.82) is 0 Å². The first-order valence-electron chi connectivity index (χ1n) is 8.64. The zero-order valence-corrected chi connectivity index (χ0v) is 17.3. The summed E-state index contributed by atoms with van der Waals surface area (Å²) in [4.78, 5) is 11.3. The molecule has 5 nitrogen and oxygen atoms in total. The van der Waals surface area contributed by atoms with Crippen LogP contribution >= 0.6 is 23.4 Å². The Kier molecular flexibility index (Phi) is 8.89. The topological polar surface area (TPSA) is 67.8 Å². The van der Waals surface area contributed by atoms with Crippen LogP contribution in [-0.2, 0) is 17.9 Å². The maximum Gasteiger partial charge on any atom is 0.320 e. The summed E-state index contributed by atoms with van der Waals surface area (Å²) in [6, 6.07) is 9.13. The fourth-order valence-corrected chi connectivity index (χ4v) is 3.24. The molecule has 152 valence electrons. The van der Waals surface area contributed by atoms with E-state index in [0.29, 0.717) is 29.5 Å². The van der Waals surface area contributed by atoms with Crippen molar-refractivity contribution in [2.24, 2.45) is 0 Å². The zero-order valence-electron chi connectivity index (χ0n) is 15.7. The van der Waals surface area contributed by atoms with Gasteiger partial charge in [0.2, 0.25) is 0 Å². The molecule has 2 N–H and O–H groups in total. The van der Waals surface area contributed by atoms with Crippen LogP contribution in [0.4, 0.5) is 4.39 Å². The van der Waals surface area contributed by atoms with E-state index in [9.17, 15) is 14.3 Å². The van der Waals surface area contributed by atoms with Crippen LogP contribution in [0.5, 0.6) is 11.5 Å². The van der Waals surface area contributed by atoms with Crippen molar-refractivity contribution < 1.29 is 23.8 Å². The molecule has 1 atom stereocenters.